The average molecular weight is 587 g/mol. The number of sulfonamides is 1. The summed E-state index contributed by atoms with van der Waals surface area (Å²) < 4.78 is 74.0. The smallest absolute Gasteiger partial charge is 0.394 e. The standard InChI is InChI=1S/C24H26ClF3N4O4SSi/c1-38(2,3)18-7-5-4-6-17(18)37(34,35)31-22(33)16-8-9-19(29-21(16)25)32-14-10-20(30-32)36-15-13-23(11-12-23)24(26,27)28/h4-10,14H,11-13,15H2,1-3H3,(H,31,33). The molecule has 3 aromatic rings. The largest absolute Gasteiger partial charge is 0.477 e. The number of amides is 1. The number of pyridine rings is 1. The van der Waals surface area contributed by atoms with E-state index in [-0.39, 0.29) is 53.2 Å². The lowest BCUT2D eigenvalue weighted by molar-refractivity contribution is -0.190. The molecule has 4 rings (SSSR count). The van der Waals surface area contributed by atoms with Crippen LogP contribution in [0.4, 0.5) is 13.2 Å². The first-order chi connectivity index (χ1) is 17.6. The molecule has 0 unspecified atom stereocenters. The lowest BCUT2D eigenvalue weighted by Crippen LogP contribution is -2.43. The van der Waals surface area contributed by atoms with E-state index < -0.39 is 35.6 Å². The molecule has 0 radical (unpaired) electrons. The van der Waals surface area contributed by atoms with Crippen molar-refractivity contribution in [1.82, 2.24) is 19.5 Å². The molecule has 2 heterocycles. The zero-order chi connectivity index (χ0) is 27.9. The molecule has 1 N–H and O–H groups in total. The van der Waals surface area contributed by atoms with E-state index in [2.05, 4.69) is 14.8 Å². The van der Waals surface area contributed by atoms with Gasteiger partial charge in [0.1, 0.15) is 5.15 Å². The minimum atomic E-state index is -4.25. The number of aromatic nitrogens is 3. The van der Waals surface area contributed by atoms with E-state index in [1.165, 1.54) is 35.1 Å². The molecule has 8 nitrogen and oxygen atoms in total. The van der Waals surface area contributed by atoms with Crippen LogP contribution in [0.25, 0.3) is 5.82 Å². The van der Waals surface area contributed by atoms with Crippen LogP contribution in [-0.2, 0) is 10.0 Å². The SMILES string of the molecule is C[Si](C)(C)c1ccccc1S(=O)(=O)NC(=O)c1ccc(-n2ccc(OCCC3(C(F)(F)F)CC3)n2)nc1Cl. The normalized spacial score (nSPS) is 15.2. The van der Waals surface area contributed by atoms with Gasteiger partial charge in [0.15, 0.2) is 5.82 Å². The van der Waals surface area contributed by atoms with Crippen molar-refractivity contribution < 1.29 is 31.1 Å². The first kappa shape index (κ1) is 28.1. The van der Waals surface area contributed by atoms with E-state index in [0.29, 0.717) is 5.19 Å². The van der Waals surface area contributed by atoms with E-state index in [4.69, 9.17) is 16.3 Å². The molecule has 1 aliphatic carbocycles. The molecule has 1 fully saturated rings. The summed E-state index contributed by atoms with van der Waals surface area (Å²) in [7, 11) is -6.21. The van der Waals surface area contributed by atoms with Gasteiger partial charge in [-0.15, -0.1) is 5.10 Å². The maximum absolute atomic E-state index is 13.1. The van der Waals surface area contributed by atoms with E-state index in [0.717, 1.165) is 0 Å². The van der Waals surface area contributed by atoms with Crippen molar-refractivity contribution in [2.24, 2.45) is 5.41 Å². The number of alkyl halides is 3. The fourth-order valence-corrected chi connectivity index (χ4v) is 8.02. The predicted octanol–water partition coefficient (Wildman–Crippen LogP) is 4.70. The third kappa shape index (κ3) is 5.89. The number of ether oxygens (including phenoxy) is 1. The Morgan fingerprint density at radius 2 is 1.84 bits per heavy atom. The van der Waals surface area contributed by atoms with Crippen LogP contribution >= 0.6 is 11.6 Å². The average Bonchev–Trinajstić information content (AvgIpc) is 3.48. The van der Waals surface area contributed by atoms with Crippen molar-refractivity contribution in [1.29, 1.82) is 0 Å². The summed E-state index contributed by atoms with van der Waals surface area (Å²) >= 11 is 6.20. The molecule has 1 saturated carbocycles. The van der Waals surface area contributed by atoms with Crippen LogP contribution in [-0.4, -0.2) is 49.9 Å². The van der Waals surface area contributed by atoms with Crippen LogP contribution in [0.3, 0.4) is 0 Å². The fraction of sp³-hybridized carbons (Fsp3) is 0.375. The molecule has 1 aliphatic rings. The second-order valence-corrected chi connectivity index (χ2v) is 17.2. The van der Waals surface area contributed by atoms with Gasteiger partial charge in [-0.1, -0.05) is 49.4 Å². The summed E-state index contributed by atoms with van der Waals surface area (Å²) in [6, 6.07) is 10.7. The van der Waals surface area contributed by atoms with E-state index in [1.54, 1.807) is 18.2 Å². The Kier molecular flexibility index (Phi) is 7.40. The Bertz CT molecular complexity index is 1470. The van der Waals surface area contributed by atoms with Gasteiger partial charge in [-0.25, -0.2) is 22.8 Å². The molecule has 1 aromatic carbocycles. The topological polar surface area (TPSA) is 103 Å². The van der Waals surface area contributed by atoms with E-state index in [1.807, 2.05) is 19.6 Å². The Balaban J connectivity index is 1.44. The van der Waals surface area contributed by atoms with Crippen molar-refractivity contribution in [2.75, 3.05) is 6.61 Å². The lowest BCUT2D eigenvalue weighted by Gasteiger charge is -2.20. The van der Waals surface area contributed by atoms with Gasteiger partial charge in [-0.3, -0.25) is 4.79 Å². The highest BCUT2D eigenvalue weighted by molar-refractivity contribution is 7.90. The number of carbonyl (C=O) groups excluding carboxylic acids is 1. The molecule has 0 bridgehead atoms. The first-order valence-corrected chi connectivity index (χ1v) is 17.1. The highest BCUT2D eigenvalue weighted by Gasteiger charge is 2.62. The maximum Gasteiger partial charge on any atom is 0.394 e. The molecule has 0 atom stereocenters. The van der Waals surface area contributed by atoms with Crippen molar-refractivity contribution >= 4 is 40.8 Å². The zero-order valence-corrected chi connectivity index (χ0v) is 23.4. The van der Waals surface area contributed by atoms with Crippen LogP contribution in [0.2, 0.25) is 24.8 Å². The summed E-state index contributed by atoms with van der Waals surface area (Å²) in [6.07, 6.45) is -2.72. The molecule has 38 heavy (non-hydrogen) atoms. The van der Waals surface area contributed by atoms with Crippen LogP contribution in [0.5, 0.6) is 5.88 Å². The van der Waals surface area contributed by atoms with Gasteiger partial charge in [0, 0.05) is 12.3 Å². The van der Waals surface area contributed by atoms with Crippen LogP contribution in [0.15, 0.2) is 53.6 Å². The summed E-state index contributed by atoms with van der Waals surface area (Å²) in [5, 5.41) is 4.56. The highest BCUT2D eigenvalue weighted by atomic mass is 35.5. The molecule has 1 amide bonds. The van der Waals surface area contributed by atoms with Crippen molar-refractivity contribution in [2.45, 2.75) is 50.0 Å². The highest BCUT2D eigenvalue weighted by Crippen LogP contribution is 2.59. The third-order valence-electron chi connectivity index (χ3n) is 6.38. The Morgan fingerprint density at radius 3 is 2.45 bits per heavy atom. The minimum Gasteiger partial charge on any atom is -0.477 e. The summed E-state index contributed by atoms with van der Waals surface area (Å²) in [6.45, 7) is 5.86. The van der Waals surface area contributed by atoms with E-state index >= 15 is 0 Å². The predicted molar refractivity (Wildman–Crippen MR) is 138 cm³/mol. The van der Waals surface area contributed by atoms with Crippen LogP contribution < -0.4 is 14.6 Å². The van der Waals surface area contributed by atoms with Gasteiger partial charge in [0.25, 0.3) is 15.9 Å². The van der Waals surface area contributed by atoms with Crippen molar-refractivity contribution in [3.05, 3.63) is 59.4 Å². The quantitative estimate of drug-likeness (QED) is 0.288. The van der Waals surface area contributed by atoms with Gasteiger partial charge in [0.05, 0.1) is 30.6 Å². The number of nitrogens with zero attached hydrogens (tertiary/aromatic N) is 3. The van der Waals surface area contributed by atoms with Crippen LogP contribution in [0.1, 0.15) is 29.6 Å². The van der Waals surface area contributed by atoms with Gasteiger partial charge in [0.2, 0.25) is 5.88 Å². The zero-order valence-electron chi connectivity index (χ0n) is 20.8. The molecular weight excluding hydrogens is 561 g/mol. The fourth-order valence-electron chi connectivity index (χ4n) is 3.96. The number of hydrogen-bond acceptors (Lipinski definition) is 6. The first-order valence-electron chi connectivity index (χ1n) is 11.7. The Morgan fingerprint density at radius 1 is 1.16 bits per heavy atom. The molecule has 0 spiro atoms. The van der Waals surface area contributed by atoms with Gasteiger partial charge in [-0.2, -0.15) is 13.2 Å². The molecular formula is C24H26ClF3N4O4SSi. The number of halogens is 4. The van der Waals surface area contributed by atoms with Crippen LogP contribution in [0, 0.1) is 5.41 Å². The lowest BCUT2D eigenvalue weighted by atomic mass is 10.0. The minimum absolute atomic E-state index is 0.0418. The number of benzene rings is 1. The van der Waals surface area contributed by atoms with Gasteiger partial charge in [-0.05, 0) is 42.6 Å². The Labute approximate surface area is 224 Å². The Hall–Kier alpha value is -2.90. The van der Waals surface area contributed by atoms with Crippen molar-refractivity contribution in [3.8, 4) is 11.7 Å². The number of nitrogens with one attached hydrogen (secondary N) is 1. The number of rotatable bonds is 9. The molecule has 0 aliphatic heterocycles. The summed E-state index contributed by atoms with van der Waals surface area (Å²) in [5.74, 6) is -0.639. The van der Waals surface area contributed by atoms with Crippen molar-refractivity contribution in [3.63, 3.8) is 0 Å². The molecule has 2 aromatic heterocycles. The summed E-state index contributed by atoms with van der Waals surface area (Å²) in [5.41, 5.74) is -1.82. The summed E-state index contributed by atoms with van der Waals surface area (Å²) in [4.78, 5) is 17.0. The van der Waals surface area contributed by atoms with E-state index in [9.17, 15) is 26.4 Å². The van der Waals surface area contributed by atoms with Gasteiger partial charge < -0.3 is 4.74 Å². The second kappa shape index (κ2) is 10.0. The second-order valence-electron chi connectivity index (χ2n) is 10.2. The van der Waals surface area contributed by atoms with Gasteiger partial charge >= 0.3 is 6.18 Å². The molecule has 14 heteroatoms. The molecule has 0 saturated heterocycles. The molecule has 204 valence electrons. The monoisotopic (exact) mass is 586 g/mol. The third-order valence-corrected chi connectivity index (χ3v) is 10.3. The number of carbonyl (C=O) groups is 1. The maximum atomic E-state index is 13.1. The number of hydrogen-bond donors (Lipinski definition) is 1.